The lowest BCUT2D eigenvalue weighted by molar-refractivity contribution is -0.384. The molecule has 88 valence electrons. The Hall–Kier alpha value is -0.550. The van der Waals surface area contributed by atoms with Crippen LogP contribution in [0.15, 0.2) is 24.3 Å². The molecule has 0 saturated heterocycles. The molecule has 0 aromatic heterocycles. The first-order valence-electron chi connectivity index (χ1n) is 3.71. The fourth-order valence-corrected chi connectivity index (χ4v) is 0.840. The summed E-state index contributed by atoms with van der Waals surface area (Å²) in [6.07, 6.45) is 0. The third-order valence-corrected chi connectivity index (χ3v) is 1.52. The topological polar surface area (TPSA) is 60.2 Å². The van der Waals surface area contributed by atoms with Crippen molar-refractivity contribution in [3.63, 3.8) is 0 Å². The highest BCUT2D eigenvalue weighted by molar-refractivity contribution is 6.67. The van der Waals surface area contributed by atoms with Crippen LogP contribution < -0.4 is 0 Å². The largest absolute Gasteiger partial charge is 0.276 e. The molecule has 0 aliphatic heterocycles. The minimum absolute atomic E-state index is 0.0586. The second-order valence-corrected chi connectivity index (χ2v) is 4.65. The van der Waals surface area contributed by atoms with Gasteiger partial charge in [-0.05, 0) is 23.7 Å². The first-order valence-corrected chi connectivity index (χ1v) is 5.40. The van der Waals surface area contributed by atoms with Crippen LogP contribution in [0, 0.1) is 10.1 Å². The lowest BCUT2D eigenvalue weighted by Crippen LogP contribution is -1.90. The van der Waals surface area contributed by atoms with E-state index >= 15 is 0 Å². The summed E-state index contributed by atoms with van der Waals surface area (Å²) in [5, 5.41) is 9.55. The molecule has 0 heterocycles. The SMILES string of the molecule is ClC(Cl)Cl.O=C(Cl)c1ccc([N+](=O)[O-])cc1. The highest BCUT2D eigenvalue weighted by atomic mass is 35.6. The summed E-state index contributed by atoms with van der Waals surface area (Å²) in [7, 11) is 0. The molecule has 0 atom stereocenters. The number of nitro groups is 1. The summed E-state index contributed by atoms with van der Waals surface area (Å²) in [5.74, 6) is 0. The zero-order chi connectivity index (χ0) is 12.7. The van der Waals surface area contributed by atoms with Gasteiger partial charge in [-0.25, -0.2) is 0 Å². The maximum atomic E-state index is 10.5. The number of nitrogens with zero attached hydrogens (tertiary/aromatic N) is 1. The third kappa shape index (κ3) is 6.85. The highest BCUT2D eigenvalue weighted by Gasteiger charge is 2.06. The molecule has 8 heteroatoms. The van der Waals surface area contributed by atoms with E-state index in [1.807, 2.05) is 0 Å². The van der Waals surface area contributed by atoms with E-state index in [2.05, 4.69) is 0 Å². The summed E-state index contributed by atoms with van der Waals surface area (Å²) in [5.41, 5.74) is 0.193. The second kappa shape index (κ2) is 7.68. The maximum Gasteiger partial charge on any atom is 0.269 e. The summed E-state index contributed by atoms with van der Waals surface area (Å²) in [4.78, 5) is 20.2. The van der Waals surface area contributed by atoms with Crippen LogP contribution in [0.5, 0.6) is 0 Å². The third-order valence-electron chi connectivity index (χ3n) is 1.31. The molecule has 0 fully saturated rings. The van der Waals surface area contributed by atoms with Gasteiger partial charge in [-0.3, -0.25) is 14.9 Å². The lowest BCUT2D eigenvalue weighted by Gasteiger charge is -1.92. The van der Waals surface area contributed by atoms with Gasteiger partial charge in [0.15, 0.2) is 4.30 Å². The van der Waals surface area contributed by atoms with Crippen LogP contribution in [-0.4, -0.2) is 14.5 Å². The van der Waals surface area contributed by atoms with Crippen molar-refractivity contribution in [2.45, 2.75) is 4.30 Å². The number of carbonyl (C=O) groups is 1. The molecule has 1 aromatic carbocycles. The van der Waals surface area contributed by atoms with E-state index in [1.165, 1.54) is 24.3 Å². The maximum absolute atomic E-state index is 10.5. The molecule has 16 heavy (non-hydrogen) atoms. The van der Waals surface area contributed by atoms with Crippen molar-refractivity contribution in [3.05, 3.63) is 39.9 Å². The molecular weight excluding hydrogens is 300 g/mol. The van der Waals surface area contributed by atoms with Gasteiger partial charge in [0.05, 0.1) is 4.92 Å². The zero-order valence-electron chi connectivity index (χ0n) is 7.57. The van der Waals surface area contributed by atoms with Crippen LogP contribution >= 0.6 is 46.4 Å². The first kappa shape index (κ1) is 15.4. The number of alkyl halides is 3. The summed E-state index contributed by atoms with van der Waals surface area (Å²) in [6, 6.07) is 5.09. The molecule has 0 N–H and O–H groups in total. The zero-order valence-corrected chi connectivity index (χ0v) is 10.6. The highest BCUT2D eigenvalue weighted by Crippen LogP contribution is 2.12. The number of nitro benzene ring substituents is 1. The Kier molecular flexibility index (Phi) is 7.42. The molecule has 0 aliphatic rings. The van der Waals surface area contributed by atoms with E-state index in [0.29, 0.717) is 0 Å². The predicted octanol–water partition coefficient (Wildman–Crippen LogP) is 3.96. The van der Waals surface area contributed by atoms with Crippen molar-refractivity contribution in [1.82, 2.24) is 0 Å². The summed E-state index contributed by atoms with van der Waals surface area (Å²) >= 11 is 19.5. The quantitative estimate of drug-likeness (QED) is 0.359. The van der Waals surface area contributed by atoms with E-state index in [-0.39, 0.29) is 11.3 Å². The van der Waals surface area contributed by atoms with E-state index in [0.717, 1.165) is 0 Å². The molecule has 0 saturated carbocycles. The van der Waals surface area contributed by atoms with Crippen molar-refractivity contribution < 1.29 is 9.72 Å². The van der Waals surface area contributed by atoms with Crippen molar-refractivity contribution in [2.24, 2.45) is 0 Å². The fraction of sp³-hybridized carbons (Fsp3) is 0.125. The van der Waals surface area contributed by atoms with Crippen LogP contribution in [0.1, 0.15) is 10.4 Å². The predicted molar refractivity (Wildman–Crippen MR) is 64.6 cm³/mol. The van der Waals surface area contributed by atoms with Gasteiger partial charge >= 0.3 is 0 Å². The fourth-order valence-electron chi connectivity index (χ4n) is 0.714. The van der Waals surface area contributed by atoms with E-state index in [4.69, 9.17) is 46.4 Å². The molecule has 0 unspecified atom stereocenters. The van der Waals surface area contributed by atoms with Crippen molar-refractivity contribution in [1.29, 1.82) is 0 Å². The smallest absolute Gasteiger partial charge is 0.269 e. The van der Waals surface area contributed by atoms with Crippen LogP contribution in [-0.2, 0) is 0 Å². The van der Waals surface area contributed by atoms with Gasteiger partial charge in [0.2, 0.25) is 0 Å². The Morgan fingerprint density at radius 3 is 1.81 bits per heavy atom. The molecule has 4 nitrogen and oxygen atoms in total. The van der Waals surface area contributed by atoms with Crippen LogP contribution in [0.4, 0.5) is 5.69 Å². The van der Waals surface area contributed by atoms with Crippen molar-refractivity contribution >= 4 is 57.3 Å². The average molecular weight is 305 g/mol. The number of carbonyl (C=O) groups excluding carboxylic acids is 1. The Labute approximate surface area is 111 Å². The van der Waals surface area contributed by atoms with Crippen LogP contribution in [0.3, 0.4) is 0 Å². The van der Waals surface area contributed by atoms with Crippen molar-refractivity contribution in [2.75, 3.05) is 0 Å². The van der Waals surface area contributed by atoms with Gasteiger partial charge in [0.25, 0.3) is 10.9 Å². The molecule has 0 amide bonds. The molecule has 1 rings (SSSR count). The standard InChI is InChI=1S/C7H4ClNO3.CHCl3/c8-7(10)5-1-3-6(4-2-5)9(11)12;2-1(3)4/h1-4H;1H. The number of benzene rings is 1. The van der Waals surface area contributed by atoms with Gasteiger partial charge in [0.1, 0.15) is 0 Å². The number of hydrogen-bond donors (Lipinski definition) is 0. The number of rotatable bonds is 2. The number of non-ortho nitro benzene ring substituents is 1. The first-order chi connectivity index (χ1) is 7.34. The molecule has 0 aliphatic carbocycles. The van der Waals surface area contributed by atoms with Crippen LogP contribution in [0.2, 0.25) is 0 Å². The van der Waals surface area contributed by atoms with Gasteiger partial charge in [0, 0.05) is 17.7 Å². The average Bonchev–Trinajstić information content (AvgIpc) is 2.17. The minimum atomic E-state index is -0.750. The van der Waals surface area contributed by atoms with Crippen LogP contribution in [0.25, 0.3) is 0 Å². The molecule has 1 aromatic rings. The molecule has 0 radical (unpaired) electrons. The normalized spacial score (nSPS) is 9.31. The lowest BCUT2D eigenvalue weighted by atomic mass is 10.2. The Balaban J connectivity index is 0.000000487. The summed E-state index contributed by atoms with van der Waals surface area (Å²) in [6.45, 7) is 0. The molecule has 0 spiro atoms. The van der Waals surface area contributed by atoms with Gasteiger partial charge in [-0.2, -0.15) is 0 Å². The second-order valence-electron chi connectivity index (χ2n) is 2.33. The number of hydrogen-bond acceptors (Lipinski definition) is 3. The van der Waals surface area contributed by atoms with Gasteiger partial charge < -0.3 is 0 Å². The van der Waals surface area contributed by atoms with Crippen molar-refractivity contribution in [3.8, 4) is 0 Å². The molecule has 0 bridgehead atoms. The Bertz CT molecular complexity index is 330. The van der Waals surface area contributed by atoms with E-state index in [9.17, 15) is 14.9 Å². The van der Waals surface area contributed by atoms with E-state index in [1.54, 1.807) is 0 Å². The number of halogens is 4. The minimum Gasteiger partial charge on any atom is -0.276 e. The van der Waals surface area contributed by atoms with E-state index < -0.39 is 14.5 Å². The Morgan fingerprint density at radius 2 is 1.56 bits per heavy atom. The van der Waals surface area contributed by atoms with Gasteiger partial charge in [-0.15, -0.1) is 0 Å². The Morgan fingerprint density at radius 1 is 1.19 bits per heavy atom. The van der Waals surface area contributed by atoms with Gasteiger partial charge in [-0.1, -0.05) is 34.8 Å². The molecular formula is C8H5Cl4NO3. The summed E-state index contributed by atoms with van der Waals surface area (Å²) < 4.78 is -0.750. The monoisotopic (exact) mass is 303 g/mol.